The molecule has 0 atom stereocenters. The summed E-state index contributed by atoms with van der Waals surface area (Å²) in [6.07, 6.45) is 2.04. The van der Waals surface area contributed by atoms with E-state index in [0.29, 0.717) is 6.61 Å². The molecule has 0 aromatic rings. The van der Waals surface area contributed by atoms with Crippen molar-refractivity contribution in [1.82, 2.24) is 0 Å². The molecule has 0 aliphatic rings. The first-order chi connectivity index (χ1) is 4.41. The summed E-state index contributed by atoms with van der Waals surface area (Å²) >= 11 is -3.29. The zero-order chi connectivity index (χ0) is 8.62. The van der Waals surface area contributed by atoms with E-state index in [1.165, 1.54) is 0 Å². The Balaban J connectivity index is 0. The molecule has 0 fully saturated rings. The van der Waals surface area contributed by atoms with Gasteiger partial charge in [-0.1, -0.05) is 13.3 Å². The van der Waals surface area contributed by atoms with Crippen molar-refractivity contribution in [2.24, 2.45) is 0 Å². The van der Waals surface area contributed by atoms with Crippen LogP contribution in [0.3, 0.4) is 0 Å². The van der Waals surface area contributed by atoms with Crippen molar-refractivity contribution in [3.05, 3.63) is 0 Å². The Bertz CT molecular complexity index is 56.8. The fourth-order valence-corrected chi connectivity index (χ4v) is 0.158. The van der Waals surface area contributed by atoms with Crippen molar-refractivity contribution in [3.8, 4) is 0 Å². The van der Waals surface area contributed by atoms with E-state index in [0.717, 1.165) is 12.8 Å². The van der Waals surface area contributed by atoms with Gasteiger partial charge < -0.3 is 5.11 Å². The SMILES string of the molecule is CCCCO.[Cl][Zr]([Cl])([Cl])[Cl]. The fraction of sp³-hybridized carbons (Fsp3) is 1.00. The molecule has 0 saturated heterocycles. The van der Waals surface area contributed by atoms with Crippen LogP contribution in [0.15, 0.2) is 0 Å². The van der Waals surface area contributed by atoms with E-state index in [4.69, 9.17) is 39.2 Å². The van der Waals surface area contributed by atoms with Gasteiger partial charge >= 0.3 is 49.5 Å². The van der Waals surface area contributed by atoms with Crippen LogP contribution in [0, 0.1) is 0 Å². The molecule has 0 radical (unpaired) electrons. The van der Waals surface area contributed by atoms with Gasteiger partial charge in [-0.15, -0.1) is 0 Å². The van der Waals surface area contributed by atoms with Gasteiger partial charge in [0.15, 0.2) is 0 Å². The molecular formula is C4H10Cl4OZr. The molecule has 10 heavy (non-hydrogen) atoms. The number of aliphatic hydroxyl groups excluding tert-OH is 1. The molecule has 1 nitrogen and oxygen atoms in total. The van der Waals surface area contributed by atoms with E-state index in [1.54, 1.807) is 0 Å². The normalized spacial score (nSPS) is 10.2. The van der Waals surface area contributed by atoms with Crippen LogP contribution in [0.1, 0.15) is 19.8 Å². The molecule has 6 heteroatoms. The Morgan fingerprint density at radius 1 is 1.20 bits per heavy atom. The first-order valence-electron chi connectivity index (χ1n) is 2.78. The molecule has 0 aliphatic carbocycles. The Morgan fingerprint density at radius 2 is 1.50 bits per heavy atom. The van der Waals surface area contributed by atoms with E-state index in [2.05, 4.69) is 6.92 Å². The molecule has 0 spiro atoms. The van der Waals surface area contributed by atoms with Crippen LogP contribution < -0.4 is 0 Å². The fourth-order valence-electron chi connectivity index (χ4n) is 0.158. The monoisotopic (exact) mass is 304 g/mol. The summed E-state index contributed by atoms with van der Waals surface area (Å²) in [5.74, 6) is 0. The Morgan fingerprint density at radius 3 is 1.50 bits per heavy atom. The van der Waals surface area contributed by atoms with Gasteiger partial charge in [-0.3, -0.25) is 0 Å². The van der Waals surface area contributed by atoms with Gasteiger partial charge in [-0.2, -0.15) is 0 Å². The number of hydrogen-bond donors (Lipinski definition) is 1. The third-order valence-electron chi connectivity index (χ3n) is 0.512. The standard InChI is InChI=1S/C4H10O.4ClH.Zr/c1-2-3-4-5;;;;;/h5H,2-4H2,1H3;4*1H;/q;;;;;+4/p-4. The predicted octanol–water partition coefficient (Wildman–Crippen LogP) is 3.53. The molecule has 0 rings (SSSR count). The molecular weight excluding hydrogens is 297 g/mol. The van der Waals surface area contributed by atoms with Crippen LogP contribution in [-0.2, 0) is 15.5 Å². The van der Waals surface area contributed by atoms with Crippen LogP contribution in [0.5, 0.6) is 0 Å². The third kappa shape index (κ3) is 50.6. The molecule has 0 unspecified atom stereocenters. The molecule has 0 saturated carbocycles. The van der Waals surface area contributed by atoms with Crippen molar-refractivity contribution in [2.75, 3.05) is 6.61 Å². The van der Waals surface area contributed by atoms with Crippen LogP contribution in [0.2, 0.25) is 0 Å². The summed E-state index contributed by atoms with van der Waals surface area (Å²) in [6, 6.07) is 0. The van der Waals surface area contributed by atoms with Crippen molar-refractivity contribution < 1.29 is 20.6 Å². The van der Waals surface area contributed by atoms with E-state index in [9.17, 15) is 0 Å². The number of rotatable bonds is 2. The maximum absolute atomic E-state index is 8.07. The molecule has 0 aromatic carbocycles. The van der Waals surface area contributed by atoms with Crippen LogP contribution >= 0.6 is 34.1 Å². The molecule has 64 valence electrons. The zero-order valence-corrected chi connectivity index (χ0v) is 11.1. The second-order valence-corrected chi connectivity index (χ2v) is 23.9. The topological polar surface area (TPSA) is 20.2 Å². The van der Waals surface area contributed by atoms with Crippen molar-refractivity contribution in [3.63, 3.8) is 0 Å². The summed E-state index contributed by atoms with van der Waals surface area (Å²) in [7, 11) is 20.1. The average molecular weight is 307 g/mol. The van der Waals surface area contributed by atoms with Gasteiger partial charge in [0.05, 0.1) is 0 Å². The third-order valence-corrected chi connectivity index (χ3v) is 0.512. The Labute approximate surface area is 80.2 Å². The Hall–Kier alpha value is 2.00. The van der Waals surface area contributed by atoms with Crippen molar-refractivity contribution in [1.29, 1.82) is 0 Å². The summed E-state index contributed by atoms with van der Waals surface area (Å²) in [4.78, 5) is 0. The molecule has 0 amide bonds. The first-order valence-corrected chi connectivity index (χ1v) is 15.4. The van der Waals surface area contributed by atoms with Crippen molar-refractivity contribution >= 4 is 34.1 Å². The van der Waals surface area contributed by atoms with Gasteiger partial charge in [-0.05, 0) is 6.42 Å². The Kier molecular flexibility index (Phi) is 13.2. The van der Waals surface area contributed by atoms with Gasteiger partial charge in [0.2, 0.25) is 0 Å². The predicted molar refractivity (Wildman–Crippen MR) is 45.4 cm³/mol. The van der Waals surface area contributed by atoms with E-state index in [1.807, 2.05) is 0 Å². The molecule has 0 aliphatic heterocycles. The van der Waals surface area contributed by atoms with Gasteiger partial charge in [-0.25, -0.2) is 0 Å². The minimum absolute atomic E-state index is 0.344. The summed E-state index contributed by atoms with van der Waals surface area (Å²) < 4.78 is 0. The van der Waals surface area contributed by atoms with Crippen LogP contribution in [0.25, 0.3) is 0 Å². The molecule has 0 bridgehead atoms. The summed E-state index contributed by atoms with van der Waals surface area (Å²) in [5.41, 5.74) is 0. The second kappa shape index (κ2) is 9.09. The molecule has 0 aromatic heterocycles. The van der Waals surface area contributed by atoms with E-state index >= 15 is 0 Å². The van der Waals surface area contributed by atoms with Crippen LogP contribution in [-0.4, -0.2) is 11.7 Å². The van der Waals surface area contributed by atoms with Crippen molar-refractivity contribution in [2.45, 2.75) is 19.8 Å². The minimum atomic E-state index is -3.29. The van der Waals surface area contributed by atoms with Crippen LogP contribution in [0.4, 0.5) is 0 Å². The number of halogens is 4. The van der Waals surface area contributed by atoms with Gasteiger partial charge in [0.1, 0.15) is 0 Å². The summed E-state index contributed by atoms with van der Waals surface area (Å²) in [5, 5.41) is 8.07. The number of unbranched alkanes of at least 4 members (excludes halogenated alkanes) is 1. The second-order valence-electron chi connectivity index (χ2n) is 1.51. The maximum atomic E-state index is 8.07. The van der Waals surface area contributed by atoms with Gasteiger partial charge in [0.25, 0.3) is 0 Å². The molecule has 0 heterocycles. The summed E-state index contributed by atoms with van der Waals surface area (Å²) in [6.45, 7) is 2.40. The quantitative estimate of drug-likeness (QED) is 0.827. The molecule has 1 N–H and O–H groups in total. The zero-order valence-electron chi connectivity index (χ0n) is 5.58. The number of hydrogen-bond acceptors (Lipinski definition) is 1. The first kappa shape index (κ1) is 14.5. The number of aliphatic hydroxyl groups is 1. The average Bonchev–Trinajstić information content (AvgIpc) is 1.63. The van der Waals surface area contributed by atoms with E-state index < -0.39 is 15.5 Å². The van der Waals surface area contributed by atoms with Gasteiger partial charge in [0, 0.05) is 6.61 Å². The van der Waals surface area contributed by atoms with E-state index in [-0.39, 0.29) is 0 Å².